The molecule has 0 bridgehead atoms. The van der Waals surface area contributed by atoms with E-state index in [1.54, 1.807) is 6.07 Å². The second kappa shape index (κ2) is 4.64. The first kappa shape index (κ1) is 12.1. The molecule has 2 heterocycles. The molecule has 3 aromatic rings. The maximum atomic E-state index is 12.3. The second-order valence-corrected chi connectivity index (χ2v) is 6.32. The van der Waals surface area contributed by atoms with E-state index in [9.17, 15) is 4.79 Å². The van der Waals surface area contributed by atoms with Crippen molar-refractivity contribution in [2.45, 2.75) is 0 Å². The van der Waals surface area contributed by atoms with Gasteiger partial charge in [-0.15, -0.1) is 11.3 Å². The molecule has 1 aromatic carbocycles. The van der Waals surface area contributed by atoms with Gasteiger partial charge in [0.05, 0.1) is 9.35 Å². The molecular weight excluding hydrogens is 380 g/mol. The molecule has 2 aromatic heterocycles. The maximum absolute atomic E-state index is 12.3. The maximum Gasteiger partial charge on any atom is 0.239 e. The highest BCUT2D eigenvalue weighted by atomic mass is 79.9. The number of furan rings is 1. The SMILES string of the molecule is O=C(c1cc2cccc(Br)c2o1)c1sccc1Br. The summed E-state index contributed by atoms with van der Waals surface area (Å²) in [7, 11) is 0. The number of fused-ring (bicyclic) bond motifs is 1. The fourth-order valence-electron chi connectivity index (χ4n) is 1.71. The molecule has 0 saturated heterocycles. The monoisotopic (exact) mass is 384 g/mol. The Bertz CT molecular complexity index is 742. The predicted molar refractivity (Wildman–Crippen MR) is 79.4 cm³/mol. The van der Waals surface area contributed by atoms with Crippen molar-refractivity contribution in [3.63, 3.8) is 0 Å². The molecule has 0 aliphatic carbocycles. The lowest BCUT2D eigenvalue weighted by Gasteiger charge is -1.94. The Kier molecular flexibility index (Phi) is 3.13. The third kappa shape index (κ3) is 1.96. The van der Waals surface area contributed by atoms with E-state index in [1.165, 1.54) is 11.3 Å². The summed E-state index contributed by atoms with van der Waals surface area (Å²) in [5.74, 6) is 0.264. The van der Waals surface area contributed by atoms with Crippen molar-refractivity contribution in [1.82, 2.24) is 0 Å². The summed E-state index contributed by atoms with van der Waals surface area (Å²) in [5, 5.41) is 2.79. The fourth-order valence-corrected chi connectivity index (χ4v) is 3.67. The summed E-state index contributed by atoms with van der Waals surface area (Å²) in [4.78, 5) is 12.9. The molecule has 0 aliphatic rings. The zero-order chi connectivity index (χ0) is 12.7. The van der Waals surface area contributed by atoms with Gasteiger partial charge >= 0.3 is 0 Å². The summed E-state index contributed by atoms with van der Waals surface area (Å²) in [6, 6.07) is 9.35. The van der Waals surface area contributed by atoms with Gasteiger partial charge in [-0.25, -0.2) is 0 Å². The van der Waals surface area contributed by atoms with E-state index in [2.05, 4.69) is 31.9 Å². The minimum Gasteiger partial charge on any atom is -0.451 e. The van der Waals surface area contributed by atoms with Gasteiger partial charge in [-0.1, -0.05) is 12.1 Å². The molecule has 0 unspecified atom stereocenters. The lowest BCUT2D eigenvalue weighted by Crippen LogP contribution is -1.96. The highest BCUT2D eigenvalue weighted by Crippen LogP contribution is 2.31. The van der Waals surface area contributed by atoms with Crippen LogP contribution in [0.15, 0.2) is 49.1 Å². The molecular formula is C13H6Br2O2S. The van der Waals surface area contributed by atoms with Gasteiger partial charge in [0.1, 0.15) is 5.58 Å². The number of ketones is 1. The predicted octanol–water partition coefficient (Wildman–Crippen LogP) is 5.25. The topological polar surface area (TPSA) is 30.2 Å². The third-order valence-corrected chi connectivity index (χ3v) is 5.00. The lowest BCUT2D eigenvalue weighted by molar-refractivity contribution is 0.101. The standard InChI is InChI=1S/C13H6Br2O2S/c14-8-3-1-2-7-6-10(17-12(7)8)11(16)13-9(15)4-5-18-13/h1-6H. The van der Waals surface area contributed by atoms with Gasteiger partial charge < -0.3 is 4.42 Å². The normalized spacial score (nSPS) is 11.0. The molecule has 0 fully saturated rings. The largest absolute Gasteiger partial charge is 0.451 e. The molecule has 5 heteroatoms. The highest BCUT2D eigenvalue weighted by Gasteiger charge is 2.18. The molecule has 0 aliphatic heterocycles. The van der Waals surface area contributed by atoms with Crippen LogP contribution in [0.3, 0.4) is 0 Å². The van der Waals surface area contributed by atoms with Crippen LogP contribution >= 0.6 is 43.2 Å². The van der Waals surface area contributed by atoms with Crippen LogP contribution in [0.5, 0.6) is 0 Å². The van der Waals surface area contributed by atoms with Gasteiger partial charge in [-0.3, -0.25) is 4.79 Å². The number of carbonyl (C=O) groups excluding carboxylic acids is 1. The Morgan fingerprint density at radius 2 is 2.00 bits per heavy atom. The Balaban J connectivity index is 2.13. The summed E-state index contributed by atoms with van der Waals surface area (Å²) in [6.45, 7) is 0. The smallest absolute Gasteiger partial charge is 0.239 e. The molecule has 0 N–H and O–H groups in total. The van der Waals surface area contributed by atoms with Crippen LogP contribution in [0.2, 0.25) is 0 Å². The van der Waals surface area contributed by atoms with Crippen molar-refractivity contribution in [1.29, 1.82) is 0 Å². The second-order valence-electron chi connectivity index (χ2n) is 3.70. The van der Waals surface area contributed by atoms with Gasteiger partial charge in [-0.2, -0.15) is 0 Å². The van der Waals surface area contributed by atoms with E-state index in [0.717, 1.165) is 14.3 Å². The Morgan fingerprint density at radius 1 is 1.17 bits per heavy atom. The van der Waals surface area contributed by atoms with E-state index >= 15 is 0 Å². The van der Waals surface area contributed by atoms with E-state index in [1.807, 2.05) is 29.6 Å². The van der Waals surface area contributed by atoms with Gasteiger partial charge in [0.15, 0.2) is 5.76 Å². The molecule has 18 heavy (non-hydrogen) atoms. The first-order valence-electron chi connectivity index (χ1n) is 5.12. The molecule has 0 spiro atoms. The van der Waals surface area contributed by atoms with Crippen LogP contribution < -0.4 is 0 Å². The number of hydrogen-bond acceptors (Lipinski definition) is 3. The molecule has 0 atom stereocenters. The lowest BCUT2D eigenvalue weighted by atomic mass is 10.2. The van der Waals surface area contributed by atoms with Crippen LogP contribution in [0.25, 0.3) is 11.0 Å². The third-order valence-electron chi connectivity index (χ3n) is 2.54. The molecule has 3 rings (SSSR count). The van der Waals surface area contributed by atoms with Crippen LogP contribution in [-0.4, -0.2) is 5.78 Å². The van der Waals surface area contributed by atoms with E-state index < -0.39 is 0 Å². The molecule has 0 radical (unpaired) electrons. The minimum absolute atomic E-state index is 0.0972. The summed E-state index contributed by atoms with van der Waals surface area (Å²) < 4.78 is 7.28. The number of benzene rings is 1. The number of rotatable bonds is 2. The Hall–Kier alpha value is -0.910. The summed E-state index contributed by atoms with van der Waals surface area (Å²) in [6.07, 6.45) is 0. The number of para-hydroxylation sites is 1. The molecule has 2 nitrogen and oxygen atoms in total. The fraction of sp³-hybridized carbons (Fsp3) is 0. The Labute approximate surface area is 124 Å². The first-order valence-corrected chi connectivity index (χ1v) is 7.59. The van der Waals surface area contributed by atoms with Gasteiger partial charge in [-0.05, 0) is 55.4 Å². The van der Waals surface area contributed by atoms with E-state index in [0.29, 0.717) is 16.2 Å². The summed E-state index contributed by atoms with van der Waals surface area (Å²) >= 11 is 8.17. The zero-order valence-electron chi connectivity index (χ0n) is 8.94. The Morgan fingerprint density at radius 3 is 2.67 bits per heavy atom. The highest BCUT2D eigenvalue weighted by molar-refractivity contribution is 9.11. The zero-order valence-corrected chi connectivity index (χ0v) is 12.9. The van der Waals surface area contributed by atoms with Crippen LogP contribution in [0, 0.1) is 0 Å². The van der Waals surface area contributed by atoms with Crippen molar-refractivity contribution in [2.24, 2.45) is 0 Å². The minimum atomic E-state index is -0.0972. The van der Waals surface area contributed by atoms with Crippen LogP contribution in [0.1, 0.15) is 15.4 Å². The van der Waals surface area contributed by atoms with Crippen molar-refractivity contribution in [2.75, 3.05) is 0 Å². The molecule has 0 saturated carbocycles. The number of halogens is 2. The van der Waals surface area contributed by atoms with Gasteiger partial charge in [0.25, 0.3) is 0 Å². The number of thiophene rings is 1. The molecule has 0 amide bonds. The molecule has 90 valence electrons. The number of carbonyl (C=O) groups is 1. The van der Waals surface area contributed by atoms with Crippen molar-refractivity contribution < 1.29 is 9.21 Å². The van der Waals surface area contributed by atoms with Crippen LogP contribution in [-0.2, 0) is 0 Å². The van der Waals surface area contributed by atoms with Gasteiger partial charge in [0, 0.05) is 9.86 Å². The van der Waals surface area contributed by atoms with Crippen LogP contribution in [0.4, 0.5) is 0 Å². The summed E-state index contributed by atoms with van der Waals surface area (Å²) in [5.41, 5.74) is 0.702. The van der Waals surface area contributed by atoms with Crippen molar-refractivity contribution in [3.05, 3.63) is 55.3 Å². The van der Waals surface area contributed by atoms with E-state index in [-0.39, 0.29) is 5.78 Å². The van der Waals surface area contributed by atoms with Crippen molar-refractivity contribution >= 4 is 59.9 Å². The number of hydrogen-bond donors (Lipinski definition) is 0. The quantitative estimate of drug-likeness (QED) is 0.564. The average molecular weight is 386 g/mol. The van der Waals surface area contributed by atoms with Crippen molar-refractivity contribution in [3.8, 4) is 0 Å². The van der Waals surface area contributed by atoms with Gasteiger partial charge in [0.2, 0.25) is 5.78 Å². The van der Waals surface area contributed by atoms with E-state index in [4.69, 9.17) is 4.42 Å². The average Bonchev–Trinajstić information content (AvgIpc) is 2.95. The first-order chi connectivity index (χ1) is 8.66.